The molecular weight excluding hydrogens is 242 g/mol. The van der Waals surface area contributed by atoms with Crippen LogP contribution in [-0.4, -0.2) is 21.8 Å². The van der Waals surface area contributed by atoms with Gasteiger partial charge in [-0.1, -0.05) is 64.7 Å². The van der Waals surface area contributed by atoms with E-state index in [9.17, 15) is 4.21 Å². The Hall–Kier alpha value is 0.110. The van der Waals surface area contributed by atoms with Crippen molar-refractivity contribution >= 4 is 10.8 Å². The molecule has 2 atom stereocenters. The largest absolute Gasteiger partial charge is 0.327 e. The molecule has 0 radical (unpaired) electrons. The molecule has 2 nitrogen and oxygen atoms in total. The van der Waals surface area contributed by atoms with Gasteiger partial charge in [0, 0.05) is 28.3 Å². The van der Waals surface area contributed by atoms with E-state index < -0.39 is 10.8 Å². The Kier molecular flexibility index (Phi) is 13.6. The van der Waals surface area contributed by atoms with E-state index in [0.29, 0.717) is 5.75 Å². The molecule has 0 saturated heterocycles. The lowest BCUT2D eigenvalue weighted by Crippen LogP contribution is -2.24. The van der Waals surface area contributed by atoms with Gasteiger partial charge < -0.3 is 5.73 Å². The molecular formula is C15H33NOS. The molecule has 0 rings (SSSR count). The zero-order valence-corrected chi connectivity index (χ0v) is 13.3. The number of hydrogen-bond acceptors (Lipinski definition) is 2. The van der Waals surface area contributed by atoms with Crippen LogP contribution in [0.3, 0.4) is 0 Å². The van der Waals surface area contributed by atoms with Gasteiger partial charge in [0.1, 0.15) is 0 Å². The Bertz CT molecular complexity index is 195. The summed E-state index contributed by atoms with van der Waals surface area (Å²) in [6.45, 7) is 4.19. The summed E-state index contributed by atoms with van der Waals surface area (Å²) in [4.78, 5) is 0. The molecule has 2 N–H and O–H groups in total. The molecule has 0 heterocycles. The molecule has 0 spiro atoms. The second kappa shape index (κ2) is 13.5. The smallest absolute Gasteiger partial charge is 0.0383 e. The first-order valence-electron chi connectivity index (χ1n) is 7.77. The van der Waals surface area contributed by atoms with E-state index in [-0.39, 0.29) is 6.04 Å². The molecule has 0 saturated carbocycles. The lowest BCUT2D eigenvalue weighted by atomic mass is 10.1. The Morgan fingerprint density at radius 1 is 0.889 bits per heavy atom. The van der Waals surface area contributed by atoms with Crippen molar-refractivity contribution in [2.24, 2.45) is 5.73 Å². The average molecular weight is 276 g/mol. The summed E-state index contributed by atoms with van der Waals surface area (Å²) in [7, 11) is -0.688. The minimum absolute atomic E-state index is 0.0777. The monoisotopic (exact) mass is 275 g/mol. The average Bonchev–Trinajstić information content (AvgIpc) is 2.30. The van der Waals surface area contributed by atoms with Crippen molar-refractivity contribution < 1.29 is 4.21 Å². The quantitative estimate of drug-likeness (QED) is 0.516. The number of unbranched alkanes of at least 4 members (excludes halogenated alkanes) is 9. The van der Waals surface area contributed by atoms with Gasteiger partial charge in [-0.3, -0.25) is 4.21 Å². The highest BCUT2D eigenvalue weighted by Gasteiger charge is 2.02. The fourth-order valence-corrected chi connectivity index (χ4v) is 3.41. The first-order chi connectivity index (χ1) is 8.66. The second-order valence-electron chi connectivity index (χ2n) is 5.47. The van der Waals surface area contributed by atoms with Gasteiger partial charge in [-0.05, 0) is 13.3 Å². The van der Waals surface area contributed by atoms with Gasteiger partial charge in [-0.2, -0.15) is 0 Å². The maximum absolute atomic E-state index is 11.5. The van der Waals surface area contributed by atoms with Gasteiger partial charge in [0.05, 0.1) is 0 Å². The minimum atomic E-state index is -0.688. The molecule has 110 valence electrons. The SMILES string of the molecule is CCCCCCCCCCCCS(=O)CC(C)N. The highest BCUT2D eigenvalue weighted by Crippen LogP contribution is 2.10. The predicted molar refractivity (Wildman–Crippen MR) is 83.4 cm³/mol. The Labute approximate surface area is 117 Å². The number of rotatable bonds is 13. The molecule has 0 amide bonds. The topological polar surface area (TPSA) is 43.1 Å². The second-order valence-corrected chi connectivity index (χ2v) is 7.09. The molecule has 0 aliphatic rings. The van der Waals surface area contributed by atoms with Gasteiger partial charge in [-0.25, -0.2) is 0 Å². The van der Waals surface area contributed by atoms with E-state index in [4.69, 9.17) is 5.73 Å². The third-order valence-electron chi connectivity index (χ3n) is 3.17. The van der Waals surface area contributed by atoms with Crippen molar-refractivity contribution in [1.29, 1.82) is 0 Å². The third kappa shape index (κ3) is 14.2. The van der Waals surface area contributed by atoms with Crippen LogP contribution in [0, 0.1) is 0 Å². The van der Waals surface area contributed by atoms with Gasteiger partial charge >= 0.3 is 0 Å². The Balaban J connectivity index is 3.09. The van der Waals surface area contributed by atoms with Crippen molar-refractivity contribution in [3.05, 3.63) is 0 Å². The normalized spacial score (nSPS) is 14.6. The van der Waals surface area contributed by atoms with Crippen molar-refractivity contribution in [3.63, 3.8) is 0 Å². The van der Waals surface area contributed by atoms with Crippen LogP contribution in [-0.2, 0) is 10.8 Å². The van der Waals surface area contributed by atoms with Crippen LogP contribution in [0.25, 0.3) is 0 Å². The molecule has 0 bridgehead atoms. The summed E-state index contributed by atoms with van der Waals surface area (Å²) < 4.78 is 11.5. The summed E-state index contributed by atoms with van der Waals surface area (Å²) >= 11 is 0. The molecule has 0 aromatic rings. The van der Waals surface area contributed by atoms with E-state index in [2.05, 4.69) is 6.92 Å². The van der Waals surface area contributed by atoms with Gasteiger partial charge in [-0.15, -0.1) is 0 Å². The predicted octanol–water partition coefficient (Wildman–Crippen LogP) is 4.00. The van der Waals surface area contributed by atoms with E-state index in [1.165, 1.54) is 57.8 Å². The highest BCUT2D eigenvalue weighted by molar-refractivity contribution is 7.85. The third-order valence-corrected chi connectivity index (χ3v) is 4.82. The molecule has 2 unspecified atom stereocenters. The van der Waals surface area contributed by atoms with Crippen LogP contribution in [0.1, 0.15) is 78.1 Å². The van der Waals surface area contributed by atoms with Gasteiger partial charge in [0.2, 0.25) is 0 Å². The van der Waals surface area contributed by atoms with Crippen LogP contribution >= 0.6 is 0 Å². The van der Waals surface area contributed by atoms with Gasteiger partial charge in [0.15, 0.2) is 0 Å². The maximum Gasteiger partial charge on any atom is 0.0383 e. The van der Waals surface area contributed by atoms with E-state index in [1.54, 1.807) is 0 Å². The van der Waals surface area contributed by atoms with Crippen molar-refractivity contribution in [1.82, 2.24) is 0 Å². The summed E-state index contributed by atoms with van der Waals surface area (Å²) in [5.41, 5.74) is 5.62. The first kappa shape index (κ1) is 18.1. The summed E-state index contributed by atoms with van der Waals surface area (Å²) in [6.07, 6.45) is 13.3. The Morgan fingerprint density at radius 2 is 1.33 bits per heavy atom. The zero-order chi connectivity index (χ0) is 13.6. The Morgan fingerprint density at radius 3 is 1.78 bits per heavy atom. The molecule has 18 heavy (non-hydrogen) atoms. The summed E-state index contributed by atoms with van der Waals surface area (Å²) in [5.74, 6) is 1.51. The number of nitrogens with two attached hydrogens (primary N) is 1. The van der Waals surface area contributed by atoms with Crippen molar-refractivity contribution in [2.75, 3.05) is 11.5 Å². The van der Waals surface area contributed by atoms with E-state index in [1.807, 2.05) is 6.92 Å². The van der Waals surface area contributed by atoms with Crippen molar-refractivity contribution in [2.45, 2.75) is 84.1 Å². The molecule has 0 fully saturated rings. The molecule has 0 aliphatic carbocycles. The van der Waals surface area contributed by atoms with Crippen molar-refractivity contribution in [3.8, 4) is 0 Å². The van der Waals surface area contributed by atoms with Crippen LogP contribution in [0.15, 0.2) is 0 Å². The summed E-state index contributed by atoms with van der Waals surface area (Å²) in [6, 6.07) is 0.0777. The lowest BCUT2D eigenvalue weighted by Gasteiger charge is -2.05. The lowest BCUT2D eigenvalue weighted by molar-refractivity contribution is 0.562. The summed E-state index contributed by atoms with van der Waals surface area (Å²) in [5, 5.41) is 0. The van der Waals surface area contributed by atoms with Crippen LogP contribution in [0.4, 0.5) is 0 Å². The molecule has 3 heteroatoms. The maximum atomic E-state index is 11.5. The zero-order valence-electron chi connectivity index (χ0n) is 12.5. The molecule has 0 aliphatic heterocycles. The van der Waals surface area contributed by atoms with Crippen LogP contribution < -0.4 is 5.73 Å². The first-order valence-corrected chi connectivity index (χ1v) is 9.26. The minimum Gasteiger partial charge on any atom is -0.327 e. The van der Waals surface area contributed by atoms with E-state index in [0.717, 1.165) is 12.2 Å². The van der Waals surface area contributed by atoms with Crippen LogP contribution in [0.2, 0.25) is 0 Å². The van der Waals surface area contributed by atoms with E-state index >= 15 is 0 Å². The molecule has 0 aromatic heterocycles. The standard InChI is InChI=1S/C15H33NOS/c1-3-4-5-6-7-8-9-10-11-12-13-18(17)14-15(2)16/h15H,3-14,16H2,1-2H3. The fraction of sp³-hybridized carbons (Fsp3) is 1.00. The van der Waals surface area contributed by atoms with Gasteiger partial charge in [0.25, 0.3) is 0 Å². The van der Waals surface area contributed by atoms with Crippen LogP contribution in [0.5, 0.6) is 0 Å². The molecule has 0 aromatic carbocycles. The fourth-order valence-electron chi connectivity index (χ4n) is 2.13. The number of hydrogen-bond donors (Lipinski definition) is 1. The highest BCUT2D eigenvalue weighted by atomic mass is 32.2.